The second-order valence-corrected chi connectivity index (χ2v) is 11.4. The van der Waals surface area contributed by atoms with Gasteiger partial charge in [-0.15, -0.1) is 0 Å². The van der Waals surface area contributed by atoms with E-state index in [1.54, 1.807) is 0 Å². The van der Waals surface area contributed by atoms with Crippen LogP contribution in [0.15, 0.2) is 18.2 Å². The van der Waals surface area contributed by atoms with Crippen molar-refractivity contribution in [2.45, 2.75) is 70.3 Å². The number of piperidine rings is 1. The van der Waals surface area contributed by atoms with Gasteiger partial charge in [-0.3, -0.25) is 14.5 Å². The third-order valence-corrected chi connectivity index (χ3v) is 8.78. The van der Waals surface area contributed by atoms with Crippen molar-refractivity contribution in [1.82, 2.24) is 9.80 Å². The highest BCUT2D eigenvalue weighted by molar-refractivity contribution is 5.86. The van der Waals surface area contributed by atoms with Gasteiger partial charge in [0, 0.05) is 18.2 Å². The fourth-order valence-corrected chi connectivity index (χ4v) is 6.49. The molecule has 3 aliphatic heterocycles. The minimum absolute atomic E-state index is 0.0263. The molecule has 5 rings (SSSR count). The summed E-state index contributed by atoms with van der Waals surface area (Å²) in [7, 11) is 0. The number of benzene rings is 1. The Hall–Kier alpha value is -2.33. The number of carbonyl (C=O) groups is 2. The van der Waals surface area contributed by atoms with Gasteiger partial charge in [0.2, 0.25) is 0 Å². The number of carbonyl (C=O) groups excluding carboxylic acids is 1. The zero-order valence-electron chi connectivity index (χ0n) is 21.3. The first-order valence-electron chi connectivity index (χ1n) is 13.2. The highest BCUT2D eigenvalue weighted by Gasteiger charge is 2.56. The number of hydrogen-bond donors (Lipinski definition) is 1. The Morgan fingerprint density at radius 3 is 2.51 bits per heavy atom. The minimum atomic E-state index is -4.47. The molecule has 0 bridgehead atoms. The number of likely N-dealkylation sites (tertiary alicyclic amines) is 1. The van der Waals surface area contributed by atoms with Gasteiger partial charge >= 0.3 is 12.1 Å². The van der Waals surface area contributed by atoms with E-state index in [-0.39, 0.29) is 37.1 Å². The van der Waals surface area contributed by atoms with E-state index in [2.05, 4.69) is 18.7 Å². The van der Waals surface area contributed by atoms with Crippen LogP contribution in [0.3, 0.4) is 0 Å². The summed E-state index contributed by atoms with van der Waals surface area (Å²) in [5, 5.41) is 9.80. The van der Waals surface area contributed by atoms with Gasteiger partial charge in [0.25, 0.3) is 5.91 Å². The highest BCUT2D eigenvalue weighted by Crippen LogP contribution is 2.49. The largest absolute Gasteiger partial charge is 0.481 e. The predicted molar refractivity (Wildman–Crippen MR) is 128 cm³/mol. The summed E-state index contributed by atoms with van der Waals surface area (Å²) < 4.78 is 51.7. The molecule has 7 nitrogen and oxygen atoms in total. The van der Waals surface area contributed by atoms with Crippen LogP contribution >= 0.6 is 0 Å². The molecule has 1 amide bonds. The van der Waals surface area contributed by atoms with Crippen LogP contribution in [0.5, 0.6) is 5.75 Å². The van der Waals surface area contributed by atoms with E-state index < -0.39 is 29.2 Å². The molecule has 0 spiro atoms. The topological polar surface area (TPSA) is 79.3 Å². The maximum Gasteiger partial charge on any atom is 0.416 e. The number of aliphatic carboxylic acids is 1. The summed E-state index contributed by atoms with van der Waals surface area (Å²) >= 11 is 0. The standard InChI is InChI=1S/C27H35F3N2O5/c1-16(2)21-8-10-31(13-22(21)24(33)34)20-7-9-26(37-14-20,18-3-4-18)25(35)32-12-17-11-19(27(28,29)30)5-6-23(17)36-15-32/h5-6,11,16,18,20-22H,3-4,7-10,12-15H2,1-2H3,(H,33,34)/t20-,21+,22-,26+/m1/s1. The summed E-state index contributed by atoms with van der Waals surface area (Å²) in [5.74, 6) is -0.514. The highest BCUT2D eigenvalue weighted by atomic mass is 19.4. The fourth-order valence-electron chi connectivity index (χ4n) is 6.49. The first-order valence-corrected chi connectivity index (χ1v) is 13.2. The monoisotopic (exact) mass is 524 g/mol. The fraction of sp³-hybridized carbons (Fsp3) is 0.704. The van der Waals surface area contributed by atoms with Crippen molar-refractivity contribution in [3.05, 3.63) is 29.3 Å². The number of nitrogens with zero attached hydrogens (tertiary/aromatic N) is 2. The Bertz CT molecular complexity index is 1030. The van der Waals surface area contributed by atoms with Crippen LogP contribution in [-0.2, 0) is 27.0 Å². The minimum Gasteiger partial charge on any atom is -0.481 e. The smallest absolute Gasteiger partial charge is 0.416 e. The van der Waals surface area contributed by atoms with E-state index in [1.165, 1.54) is 11.0 Å². The summed E-state index contributed by atoms with van der Waals surface area (Å²) in [5.41, 5.74) is -1.43. The first kappa shape index (κ1) is 26.3. The molecule has 37 heavy (non-hydrogen) atoms. The molecule has 204 valence electrons. The van der Waals surface area contributed by atoms with Crippen molar-refractivity contribution in [3.8, 4) is 5.75 Å². The molecule has 1 aromatic rings. The van der Waals surface area contributed by atoms with Crippen LogP contribution < -0.4 is 4.74 Å². The van der Waals surface area contributed by atoms with E-state index in [0.29, 0.717) is 43.2 Å². The average Bonchev–Trinajstić information content (AvgIpc) is 3.73. The van der Waals surface area contributed by atoms with Gasteiger partial charge in [0.15, 0.2) is 6.73 Å². The van der Waals surface area contributed by atoms with Crippen LogP contribution in [0.1, 0.15) is 57.1 Å². The van der Waals surface area contributed by atoms with Crippen molar-refractivity contribution in [2.24, 2.45) is 23.7 Å². The summed E-state index contributed by atoms with van der Waals surface area (Å²) in [6, 6.07) is 3.40. The lowest BCUT2D eigenvalue weighted by Crippen LogP contribution is -2.59. The van der Waals surface area contributed by atoms with E-state index in [1.807, 2.05) is 0 Å². The Balaban J connectivity index is 1.27. The van der Waals surface area contributed by atoms with Crippen LogP contribution in [0.2, 0.25) is 0 Å². The lowest BCUT2D eigenvalue weighted by molar-refractivity contribution is -0.181. The van der Waals surface area contributed by atoms with Crippen LogP contribution in [0.25, 0.3) is 0 Å². The lowest BCUT2D eigenvalue weighted by atomic mass is 9.77. The van der Waals surface area contributed by atoms with Gasteiger partial charge in [-0.2, -0.15) is 13.2 Å². The molecule has 2 saturated heterocycles. The Morgan fingerprint density at radius 1 is 1.16 bits per heavy atom. The number of hydrogen-bond acceptors (Lipinski definition) is 5. The van der Waals surface area contributed by atoms with E-state index >= 15 is 0 Å². The number of alkyl halides is 3. The molecule has 1 N–H and O–H groups in total. The Labute approximate surface area is 214 Å². The van der Waals surface area contributed by atoms with Crippen LogP contribution in [0, 0.1) is 23.7 Å². The van der Waals surface area contributed by atoms with Gasteiger partial charge in [0.1, 0.15) is 11.4 Å². The number of halogens is 3. The van der Waals surface area contributed by atoms with Crippen molar-refractivity contribution in [2.75, 3.05) is 26.4 Å². The molecular weight excluding hydrogens is 489 g/mol. The molecular formula is C27H35F3N2O5. The number of carboxylic acid groups (broad SMARTS) is 1. The summed E-state index contributed by atoms with van der Waals surface area (Å²) in [6.45, 7) is 5.79. The molecule has 3 heterocycles. The second kappa shape index (κ2) is 9.76. The van der Waals surface area contributed by atoms with Gasteiger partial charge in [-0.1, -0.05) is 13.8 Å². The number of rotatable bonds is 5. The number of amides is 1. The molecule has 0 radical (unpaired) electrons. The molecule has 4 aliphatic rings. The number of carboxylic acids is 1. The maximum absolute atomic E-state index is 13.8. The number of fused-ring (bicyclic) bond motifs is 1. The molecule has 1 aromatic carbocycles. The normalized spacial score (nSPS) is 31.1. The van der Waals surface area contributed by atoms with Crippen LogP contribution in [0.4, 0.5) is 13.2 Å². The third kappa shape index (κ3) is 5.06. The van der Waals surface area contributed by atoms with Crippen molar-refractivity contribution in [1.29, 1.82) is 0 Å². The molecule has 0 unspecified atom stereocenters. The third-order valence-electron chi connectivity index (χ3n) is 8.78. The second-order valence-electron chi connectivity index (χ2n) is 11.4. The molecule has 1 aliphatic carbocycles. The van der Waals surface area contributed by atoms with Crippen molar-refractivity contribution < 1.29 is 37.3 Å². The molecule has 1 saturated carbocycles. The predicted octanol–water partition coefficient (Wildman–Crippen LogP) is 4.39. The molecule has 10 heteroatoms. The van der Waals surface area contributed by atoms with Gasteiger partial charge < -0.3 is 19.5 Å². The zero-order valence-corrected chi connectivity index (χ0v) is 21.3. The van der Waals surface area contributed by atoms with Gasteiger partial charge in [-0.05, 0) is 74.6 Å². The first-order chi connectivity index (χ1) is 17.5. The summed E-state index contributed by atoms with van der Waals surface area (Å²) in [4.78, 5) is 29.4. The zero-order chi connectivity index (χ0) is 26.5. The van der Waals surface area contributed by atoms with Gasteiger partial charge in [-0.25, -0.2) is 0 Å². The molecule has 0 aromatic heterocycles. The van der Waals surface area contributed by atoms with Gasteiger partial charge in [0.05, 0.1) is 24.6 Å². The van der Waals surface area contributed by atoms with E-state index in [9.17, 15) is 27.9 Å². The maximum atomic E-state index is 13.8. The lowest BCUT2D eigenvalue weighted by Gasteiger charge is -2.47. The van der Waals surface area contributed by atoms with Crippen molar-refractivity contribution in [3.63, 3.8) is 0 Å². The molecule has 4 atom stereocenters. The number of ether oxygens (including phenoxy) is 2. The average molecular weight is 525 g/mol. The quantitative estimate of drug-likeness (QED) is 0.616. The van der Waals surface area contributed by atoms with Crippen LogP contribution in [-0.4, -0.2) is 64.9 Å². The van der Waals surface area contributed by atoms with E-state index in [0.717, 1.165) is 37.9 Å². The van der Waals surface area contributed by atoms with E-state index in [4.69, 9.17) is 9.47 Å². The molecule has 3 fully saturated rings. The SMILES string of the molecule is CC(C)[C@@H]1CCN([C@@H]2CC[C@@](C(=O)N3COc4ccc(C(F)(F)F)cc4C3)(C3CC3)OC2)C[C@H]1C(=O)O. The Kier molecular flexibility index (Phi) is 6.94. The Morgan fingerprint density at radius 2 is 1.92 bits per heavy atom. The van der Waals surface area contributed by atoms with Crippen molar-refractivity contribution >= 4 is 11.9 Å². The summed E-state index contributed by atoms with van der Waals surface area (Å²) in [6.07, 6.45) is -0.676.